The molecule has 182 valence electrons. The van der Waals surface area contributed by atoms with Crippen molar-refractivity contribution in [3.63, 3.8) is 0 Å². The van der Waals surface area contributed by atoms with Crippen LogP contribution in [-0.2, 0) is 27.8 Å². The molecule has 0 aliphatic carbocycles. The molecule has 0 aliphatic rings. The third-order valence-corrected chi connectivity index (χ3v) is 7.62. The van der Waals surface area contributed by atoms with Crippen LogP contribution >= 0.6 is 0 Å². The van der Waals surface area contributed by atoms with E-state index in [-0.39, 0.29) is 23.6 Å². The van der Waals surface area contributed by atoms with Gasteiger partial charge >= 0.3 is 0 Å². The highest BCUT2D eigenvalue weighted by atomic mass is 32.2. The maximum absolute atomic E-state index is 13.8. The lowest BCUT2D eigenvalue weighted by Gasteiger charge is -2.30. The van der Waals surface area contributed by atoms with Gasteiger partial charge in [0.1, 0.15) is 17.5 Å². The summed E-state index contributed by atoms with van der Waals surface area (Å²) >= 11 is 0. The quantitative estimate of drug-likeness (QED) is 0.208. The number of carbonyl (C=O) groups is 1. The van der Waals surface area contributed by atoms with Crippen LogP contribution in [0.25, 0.3) is 10.9 Å². The molecule has 0 radical (unpaired) electrons. The number of fused-ring (bicyclic) bond motifs is 1. The van der Waals surface area contributed by atoms with Crippen LogP contribution in [0.15, 0.2) is 83.9 Å². The van der Waals surface area contributed by atoms with Crippen LogP contribution in [0.4, 0.5) is 0 Å². The molecular formula is C25H25N3O6S. The first-order valence-electron chi connectivity index (χ1n) is 10.8. The average Bonchev–Trinajstić information content (AvgIpc) is 3.34. The molecule has 4 aromatic rings. The van der Waals surface area contributed by atoms with Gasteiger partial charge in [-0.25, -0.2) is 13.9 Å². The number of benzene rings is 3. The number of ether oxygens (including phenoxy) is 1. The summed E-state index contributed by atoms with van der Waals surface area (Å²) < 4.78 is 33.8. The number of carbonyl (C=O) groups excluding carboxylic acids is 1. The maximum Gasteiger partial charge on any atom is 0.262 e. The number of methoxy groups -OCH3 is 1. The van der Waals surface area contributed by atoms with E-state index in [1.807, 2.05) is 18.2 Å². The van der Waals surface area contributed by atoms with Gasteiger partial charge < -0.3 is 14.8 Å². The first-order valence-corrected chi connectivity index (χ1v) is 12.2. The number of amides is 1. The van der Waals surface area contributed by atoms with Gasteiger partial charge in [-0.05, 0) is 77.5 Å². The molecule has 3 aromatic carbocycles. The van der Waals surface area contributed by atoms with Crippen LogP contribution in [0.5, 0.6) is 11.5 Å². The Morgan fingerprint density at radius 1 is 1.03 bits per heavy atom. The maximum atomic E-state index is 13.8. The van der Waals surface area contributed by atoms with Gasteiger partial charge in [0.25, 0.3) is 5.91 Å². The number of hydroxylamine groups is 1. The van der Waals surface area contributed by atoms with Gasteiger partial charge in [0.05, 0.1) is 12.0 Å². The molecule has 0 fully saturated rings. The lowest BCUT2D eigenvalue weighted by atomic mass is 10.0. The lowest BCUT2D eigenvalue weighted by Crippen LogP contribution is -2.49. The average molecular weight is 496 g/mol. The Morgan fingerprint density at radius 2 is 1.71 bits per heavy atom. The molecule has 4 N–H and O–H groups in total. The van der Waals surface area contributed by atoms with Gasteiger partial charge in [-0.1, -0.05) is 18.2 Å². The van der Waals surface area contributed by atoms with E-state index in [9.17, 15) is 23.5 Å². The van der Waals surface area contributed by atoms with Crippen molar-refractivity contribution in [3.05, 3.63) is 90.1 Å². The van der Waals surface area contributed by atoms with Crippen molar-refractivity contribution < 1.29 is 28.3 Å². The summed E-state index contributed by atoms with van der Waals surface area (Å²) in [5.74, 6) is -0.340. The molecule has 10 heteroatoms. The molecule has 0 spiro atoms. The van der Waals surface area contributed by atoms with Gasteiger partial charge in [0, 0.05) is 18.3 Å². The number of phenols is 1. The van der Waals surface area contributed by atoms with E-state index in [1.54, 1.807) is 42.0 Å². The van der Waals surface area contributed by atoms with E-state index < -0.39 is 22.0 Å². The van der Waals surface area contributed by atoms with Crippen molar-refractivity contribution >= 4 is 26.8 Å². The number of H-pyrrole nitrogens is 1. The normalized spacial score (nSPS) is 12.5. The van der Waals surface area contributed by atoms with Crippen molar-refractivity contribution in [2.24, 2.45) is 0 Å². The van der Waals surface area contributed by atoms with Gasteiger partial charge in [0.2, 0.25) is 10.0 Å². The molecule has 1 aromatic heterocycles. The largest absolute Gasteiger partial charge is 0.508 e. The SMILES string of the molecule is COc1ccc(C[C@H](C(=O)NO)N(Cc2ccc3[nH]ccc3c2)S(=O)(=O)c2ccc(O)cc2)cc1. The number of hydrogen-bond donors (Lipinski definition) is 4. The standard InChI is InChI=1S/C25H25N3O6S/c1-34-21-7-2-17(3-8-21)15-24(25(30)27-31)28(35(32,33)22-9-5-20(29)6-10-22)16-18-4-11-23-19(14-18)12-13-26-23/h2-14,24,26,29,31H,15-16H2,1H3,(H,27,30)/t24-/m1/s1. The monoisotopic (exact) mass is 495 g/mol. The van der Waals surface area contributed by atoms with Crippen LogP contribution in [0.2, 0.25) is 0 Å². The zero-order chi connectivity index (χ0) is 25.0. The molecular weight excluding hydrogens is 470 g/mol. The second-order valence-corrected chi connectivity index (χ2v) is 9.88. The van der Waals surface area contributed by atoms with E-state index in [1.165, 1.54) is 31.4 Å². The molecule has 0 aliphatic heterocycles. The first kappa shape index (κ1) is 24.3. The molecule has 0 saturated heterocycles. The van der Waals surface area contributed by atoms with E-state index in [2.05, 4.69) is 4.98 Å². The van der Waals surface area contributed by atoms with E-state index in [0.717, 1.165) is 15.2 Å². The molecule has 35 heavy (non-hydrogen) atoms. The Kier molecular flexibility index (Phi) is 7.06. The number of rotatable bonds is 9. The topological polar surface area (TPSA) is 132 Å². The third-order valence-electron chi connectivity index (χ3n) is 5.75. The summed E-state index contributed by atoms with van der Waals surface area (Å²) in [5.41, 5.74) is 3.84. The van der Waals surface area contributed by atoms with E-state index in [0.29, 0.717) is 16.9 Å². The molecule has 1 heterocycles. The highest BCUT2D eigenvalue weighted by Gasteiger charge is 2.36. The van der Waals surface area contributed by atoms with Crippen molar-refractivity contribution in [1.82, 2.24) is 14.8 Å². The minimum Gasteiger partial charge on any atom is -0.508 e. The summed E-state index contributed by atoms with van der Waals surface area (Å²) in [6.07, 6.45) is 1.78. The third kappa shape index (κ3) is 5.29. The van der Waals surface area contributed by atoms with Crippen molar-refractivity contribution in [3.8, 4) is 11.5 Å². The zero-order valence-corrected chi connectivity index (χ0v) is 19.7. The molecule has 1 atom stereocenters. The highest BCUT2D eigenvalue weighted by molar-refractivity contribution is 7.89. The Hall–Kier alpha value is -3.86. The fraction of sp³-hybridized carbons (Fsp3) is 0.160. The summed E-state index contributed by atoms with van der Waals surface area (Å²) in [4.78, 5) is 15.8. The molecule has 4 rings (SSSR count). The Balaban J connectivity index is 1.78. The number of nitrogens with zero attached hydrogens (tertiary/aromatic N) is 1. The fourth-order valence-corrected chi connectivity index (χ4v) is 5.46. The Morgan fingerprint density at radius 3 is 2.37 bits per heavy atom. The second-order valence-electron chi connectivity index (χ2n) is 7.99. The number of hydrogen-bond acceptors (Lipinski definition) is 6. The van der Waals surface area contributed by atoms with Crippen LogP contribution in [0.3, 0.4) is 0 Å². The highest BCUT2D eigenvalue weighted by Crippen LogP contribution is 2.26. The predicted molar refractivity (Wildman–Crippen MR) is 130 cm³/mol. The van der Waals surface area contributed by atoms with Crippen LogP contribution in [0.1, 0.15) is 11.1 Å². The molecule has 9 nitrogen and oxygen atoms in total. The van der Waals surface area contributed by atoms with Gasteiger partial charge in [0.15, 0.2) is 0 Å². The number of aromatic amines is 1. The first-order chi connectivity index (χ1) is 16.8. The van der Waals surface area contributed by atoms with Crippen molar-refractivity contribution in [2.45, 2.75) is 23.9 Å². The zero-order valence-electron chi connectivity index (χ0n) is 18.9. The number of nitrogens with one attached hydrogen (secondary N) is 2. The number of aromatic nitrogens is 1. The van der Waals surface area contributed by atoms with Gasteiger partial charge in [-0.15, -0.1) is 0 Å². The summed E-state index contributed by atoms with van der Waals surface area (Å²) in [6.45, 7) is -0.126. The molecule has 0 saturated carbocycles. The number of phenolic OH excluding ortho intramolecular Hbond substituents is 1. The second kappa shape index (κ2) is 10.2. The van der Waals surface area contributed by atoms with Crippen molar-refractivity contribution in [2.75, 3.05) is 7.11 Å². The molecule has 0 bridgehead atoms. The van der Waals surface area contributed by atoms with Crippen LogP contribution < -0.4 is 10.2 Å². The fourth-order valence-electron chi connectivity index (χ4n) is 3.88. The smallest absolute Gasteiger partial charge is 0.262 e. The predicted octanol–water partition coefficient (Wildman–Crippen LogP) is 3.19. The summed E-state index contributed by atoms with van der Waals surface area (Å²) in [7, 11) is -2.69. The van der Waals surface area contributed by atoms with Crippen LogP contribution in [0, 0.1) is 0 Å². The van der Waals surface area contributed by atoms with Crippen molar-refractivity contribution in [1.29, 1.82) is 0 Å². The van der Waals surface area contributed by atoms with Gasteiger partial charge in [-0.3, -0.25) is 10.0 Å². The van der Waals surface area contributed by atoms with Crippen LogP contribution in [-0.4, -0.2) is 47.1 Å². The Bertz CT molecular complexity index is 1420. The lowest BCUT2D eigenvalue weighted by molar-refractivity contribution is -0.133. The number of aromatic hydroxyl groups is 1. The molecule has 0 unspecified atom stereocenters. The molecule has 1 amide bonds. The summed E-state index contributed by atoms with van der Waals surface area (Å²) in [5, 5.41) is 20.0. The Labute approximate surface area is 202 Å². The minimum atomic E-state index is -4.23. The van der Waals surface area contributed by atoms with Gasteiger partial charge in [-0.2, -0.15) is 4.31 Å². The van der Waals surface area contributed by atoms with E-state index >= 15 is 0 Å². The number of sulfonamides is 1. The minimum absolute atomic E-state index is 0.0000994. The summed E-state index contributed by atoms with van der Waals surface area (Å²) in [6, 6.07) is 18.0. The van der Waals surface area contributed by atoms with E-state index in [4.69, 9.17) is 4.74 Å².